The van der Waals surface area contributed by atoms with Crippen molar-refractivity contribution in [2.75, 3.05) is 0 Å². The van der Waals surface area contributed by atoms with Gasteiger partial charge in [-0.1, -0.05) is 15.9 Å². The SMILES string of the molecule is CCn1c(O)c(N=Nc2ccc(S(N)(=O)=O)cc2)c2cc(Br)ccc21. The molecule has 0 atom stereocenters. The molecule has 0 spiro atoms. The van der Waals surface area contributed by atoms with Crippen molar-refractivity contribution in [1.82, 2.24) is 4.57 Å². The standard InChI is InChI=1S/C16H15BrN4O3S/c1-2-21-14-8-3-10(17)9-13(14)15(16(21)22)20-19-11-4-6-12(7-5-11)25(18,23)24/h3-9,22H,2H2,1H3,(H2,18,23,24). The first kappa shape index (κ1) is 17.6. The summed E-state index contributed by atoms with van der Waals surface area (Å²) in [6, 6.07) is 11.3. The fourth-order valence-electron chi connectivity index (χ4n) is 2.52. The Morgan fingerprint density at radius 2 is 1.84 bits per heavy atom. The summed E-state index contributed by atoms with van der Waals surface area (Å²) in [6.07, 6.45) is 0. The first-order valence-corrected chi connectivity index (χ1v) is 9.70. The predicted octanol–water partition coefficient (Wildman–Crippen LogP) is 4.19. The van der Waals surface area contributed by atoms with Crippen molar-refractivity contribution in [3.63, 3.8) is 0 Å². The Labute approximate surface area is 153 Å². The lowest BCUT2D eigenvalue weighted by molar-refractivity contribution is 0.427. The Hall–Kier alpha value is -2.23. The van der Waals surface area contributed by atoms with E-state index in [-0.39, 0.29) is 10.8 Å². The molecular formula is C16H15BrN4O3S. The molecule has 0 saturated carbocycles. The van der Waals surface area contributed by atoms with E-state index >= 15 is 0 Å². The molecule has 25 heavy (non-hydrogen) atoms. The van der Waals surface area contributed by atoms with E-state index in [9.17, 15) is 13.5 Å². The summed E-state index contributed by atoms with van der Waals surface area (Å²) >= 11 is 3.41. The number of aromatic hydroxyl groups is 1. The van der Waals surface area contributed by atoms with Crippen LogP contribution in [0.1, 0.15) is 6.92 Å². The van der Waals surface area contributed by atoms with Crippen LogP contribution >= 0.6 is 15.9 Å². The van der Waals surface area contributed by atoms with Gasteiger partial charge in [0.2, 0.25) is 15.9 Å². The Kier molecular flexibility index (Phi) is 4.63. The van der Waals surface area contributed by atoms with Gasteiger partial charge in [-0.15, -0.1) is 5.11 Å². The van der Waals surface area contributed by atoms with Crippen molar-refractivity contribution in [3.05, 3.63) is 46.9 Å². The molecule has 3 rings (SSSR count). The van der Waals surface area contributed by atoms with Gasteiger partial charge in [-0.25, -0.2) is 13.6 Å². The minimum absolute atomic E-state index is 0.000753. The highest BCUT2D eigenvalue weighted by Gasteiger charge is 2.16. The highest BCUT2D eigenvalue weighted by atomic mass is 79.9. The summed E-state index contributed by atoms with van der Waals surface area (Å²) < 4.78 is 25.1. The quantitative estimate of drug-likeness (QED) is 0.614. The third-order valence-corrected chi connectivity index (χ3v) is 5.14. The number of rotatable bonds is 4. The maximum atomic E-state index is 11.3. The number of benzene rings is 2. The third-order valence-electron chi connectivity index (χ3n) is 3.72. The normalized spacial score (nSPS) is 12.3. The molecule has 0 saturated heterocycles. The maximum Gasteiger partial charge on any atom is 0.238 e. The van der Waals surface area contributed by atoms with E-state index in [1.54, 1.807) is 4.57 Å². The van der Waals surface area contributed by atoms with Crippen molar-refractivity contribution < 1.29 is 13.5 Å². The molecule has 9 heteroatoms. The summed E-state index contributed by atoms with van der Waals surface area (Å²) in [5.74, 6) is 0.0282. The number of primary sulfonamides is 1. The number of aromatic nitrogens is 1. The van der Waals surface area contributed by atoms with Crippen LogP contribution in [0, 0.1) is 0 Å². The summed E-state index contributed by atoms with van der Waals surface area (Å²) in [4.78, 5) is 0.000753. The topological polar surface area (TPSA) is 110 Å². The second-order valence-electron chi connectivity index (χ2n) is 5.32. The van der Waals surface area contributed by atoms with E-state index in [4.69, 9.17) is 5.14 Å². The molecule has 7 nitrogen and oxygen atoms in total. The van der Waals surface area contributed by atoms with Crippen LogP contribution in [-0.4, -0.2) is 18.1 Å². The largest absolute Gasteiger partial charge is 0.493 e. The lowest BCUT2D eigenvalue weighted by Gasteiger charge is -2.01. The van der Waals surface area contributed by atoms with Gasteiger partial charge in [-0.2, -0.15) is 5.11 Å². The number of hydrogen-bond acceptors (Lipinski definition) is 5. The molecule has 2 aromatic carbocycles. The van der Waals surface area contributed by atoms with Crippen molar-refractivity contribution in [1.29, 1.82) is 0 Å². The van der Waals surface area contributed by atoms with Gasteiger partial charge in [-0.3, -0.25) is 0 Å². The average molecular weight is 423 g/mol. The minimum atomic E-state index is -3.75. The number of azo groups is 1. The number of sulfonamides is 1. The van der Waals surface area contributed by atoms with E-state index in [1.807, 2.05) is 25.1 Å². The van der Waals surface area contributed by atoms with Crippen molar-refractivity contribution in [2.45, 2.75) is 18.4 Å². The Morgan fingerprint density at radius 3 is 2.44 bits per heavy atom. The summed E-state index contributed by atoms with van der Waals surface area (Å²) in [5.41, 5.74) is 1.65. The van der Waals surface area contributed by atoms with Crippen LogP contribution in [0.4, 0.5) is 11.4 Å². The molecule has 1 heterocycles. The highest BCUT2D eigenvalue weighted by molar-refractivity contribution is 9.10. The molecule has 0 aliphatic rings. The Balaban J connectivity index is 2.04. The minimum Gasteiger partial charge on any atom is -0.493 e. The molecule has 0 unspecified atom stereocenters. The molecule has 3 N–H and O–H groups in total. The zero-order valence-corrected chi connectivity index (χ0v) is 15.6. The number of halogens is 1. The van der Waals surface area contributed by atoms with Crippen molar-refractivity contribution in [3.8, 4) is 5.88 Å². The van der Waals surface area contributed by atoms with Crippen LogP contribution in [-0.2, 0) is 16.6 Å². The number of aryl methyl sites for hydroxylation is 1. The predicted molar refractivity (Wildman–Crippen MR) is 99.0 cm³/mol. The summed E-state index contributed by atoms with van der Waals surface area (Å²) in [7, 11) is -3.75. The van der Waals surface area contributed by atoms with Crippen LogP contribution < -0.4 is 5.14 Å². The van der Waals surface area contributed by atoms with Gasteiger partial charge in [0.05, 0.1) is 16.1 Å². The van der Waals surface area contributed by atoms with E-state index < -0.39 is 10.0 Å². The molecule has 1 aromatic heterocycles. The summed E-state index contributed by atoms with van der Waals surface area (Å²) in [5, 5.41) is 24.5. The van der Waals surface area contributed by atoms with Gasteiger partial charge in [-0.05, 0) is 49.4 Å². The van der Waals surface area contributed by atoms with E-state index in [0.717, 1.165) is 15.4 Å². The van der Waals surface area contributed by atoms with Crippen LogP contribution in [0.3, 0.4) is 0 Å². The van der Waals surface area contributed by atoms with Gasteiger partial charge >= 0.3 is 0 Å². The monoisotopic (exact) mass is 422 g/mol. The second kappa shape index (κ2) is 6.58. The zero-order chi connectivity index (χ0) is 18.2. The molecule has 0 radical (unpaired) electrons. The van der Waals surface area contributed by atoms with Crippen molar-refractivity contribution in [2.24, 2.45) is 15.4 Å². The first-order chi connectivity index (χ1) is 11.8. The third kappa shape index (κ3) is 3.44. The van der Waals surface area contributed by atoms with Gasteiger partial charge in [0, 0.05) is 16.4 Å². The first-order valence-electron chi connectivity index (χ1n) is 7.36. The molecule has 130 valence electrons. The van der Waals surface area contributed by atoms with Crippen LogP contribution in [0.15, 0.2) is 62.1 Å². The molecule has 0 aliphatic heterocycles. The smallest absolute Gasteiger partial charge is 0.238 e. The Bertz CT molecular complexity index is 1070. The van der Waals surface area contributed by atoms with Gasteiger partial charge in [0.25, 0.3) is 0 Å². The molecule has 0 aliphatic carbocycles. The number of nitrogens with two attached hydrogens (primary N) is 1. The fraction of sp³-hybridized carbons (Fsp3) is 0.125. The molecule has 0 amide bonds. The van der Waals surface area contributed by atoms with E-state index in [1.165, 1.54) is 24.3 Å². The second-order valence-corrected chi connectivity index (χ2v) is 7.79. The molecule has 0 bridgehead atoms. The zero-order valence-electron chi connectivity index (χ0n) is 13.2. The molecule has 0 fully saturated rings. The maximum absolute atomic E-state index is 11.3. The fourth-order valence-corrected chi connectivity index (χ4v) is 3.40. The van der Waals surface area contributed by atoms with E-state index in [0.29, 0.717) is 17.9 Å². The van der Waals surface area contributed by atoms with Crippen LogP contribution in [0.2, 0.25) is 0 Å². The number of fused-ring (bicyclic) bond motifs is 1. The highest BCUT2D eigenvalue weighted by Crippen LogP contribution is 2.40. The molecular weight excluding hydrogens is 408 g/mol. The van der Waals surface area contributed by atoms with Gasteiger partial charge < -0.3 is 9.67 Å². The Morgan fingerprint density at radius 1 is 1.16 bits per heavy atom. The number of nitrogens with zero attached hydrogens (tertiary/aromatic N) is 3. The lowest BCUT2D eigenvalue weighted by atomic mass is 10.2. The molecule has 3 aromatic rings. The van der Waals surface area contributed by atoms with Crippen molar-refractivity contribution >= 4 is 48.2 Å². The van der Waals surface area contributed by atoms with Gasteiger partial charge in [0.1, 0.15) is 0 Å². The van der Waals surface area contributed by atoms with Gasteiger partial charge in [0.15, 0.2) is 5.69 Å². The number of hydrogen-bond donors (Lipinski definition) is 2. The van der Waals surface area contributed by atoms with Crippen LogP contribution in [0.25, 0.3) is 10.9 Å². The summed E-state index contributed by atoms with van der Waals surface area (Å²) in [6.45, 7) is 2.51. The van der Waals surface area contributed by atoms with E-state index in [2.05, 4.69) is 26.2 Å². The average Bonchev–Trinajstić information content (AvgIpc) is 2.83. The van der Waals surface area contributed by atoms with Crippen LogP contribution in [0.5, 0.6) is 5.88 Å². The lowest BCUT2D eigenvalue weighted by Crippen LogP contribution is -2.11.